The van der Waals surface area contributed by atoms with Crippen molar-refractivity contribution in [2.75, 3.05) is 53.9 Å². The minimum absolute atomic E-state index is 0.00699. The van der Waals surface area contributed by atoms with Crippen molar-refractivity contribution in [1.82, 2.24) is 0 Å². The van der Waals surface area contributed by atoms with Crippen LogP contribution in [-0.4, -0.2) is 162 Å². The summed E-state index contributed by atoms with van der Waals surface area (Å²) in [6.45, 7) is 4.89. The number of methoxy groups -OCH3 is 2. The maximum absolute atomic E-state index is 9.68. The van der Waals surface area contributed by atoms with Gasteiger partial charge in [-0.25, -0.2) is 0 Å². The third-order valence-corrected chi connectivity index (χ3v) is 8.32. The molecule has 6 rings (SSSR count). The number of fused-ring (bicyclic) bond motifs is 6. The molecule has 4 radical (unpaired) electrons. The van der Waals surface area contributed by atoms with Gasteiger partial charge in [0.1, 0.15) is 56.9 Å². The molecule has 6 saturated heterocycles. The van der Waals surface area contributed by atoms with Gasteiger partial charge in [-0.2, -0.15) is 0 Å². The second-order valence-electron chi connectivity index (χ2n) is 10.6. The van der Waals surface area contributed by atoms with E-state index in [4.69, 9.17) is 63.8 Å². The number of aliphatic hydroxyl groups excluding tert-OH is 4. The molecule has 0 aromatic rings. The minimum Gasteiger partial charge on any atom is -0.393 e. The highest BCUT2D eigenvalue weighted by molar-refractivity contribution is 6.12. The van der Waals surface area contributed by atoms with E-state index in [0.29, 0.717) is 13.2 Å². The largest absolute Gasteiger partial charge is 0.393 e. The zero-order valence-corrected chi connectivity index (χ0v) is 21.7. The monoisotopic (exact) mass is 528 g/mol. The Kier molecular flexibility index (Phi) is 9.02. The van der Waals surface area contributed by atoms with Crippen molar-refractivity contribution >= 4 is 15.7 Å². The van der Waals surface area contributed by atoms with Gasteiger partial charge < -0.3 is 58.3 Å². The molecule has 0 amide bonds. The summed E-state index contributed by atoms with van der Waals surface area (Å²) in [6, 6.07) is -1.12. The van der Waals surface area contributed by atoms with Gasteiger partial charge in [-0.15, -0.1) is 0 Å². The topological polar surface area (TPSA) is 155 Å². The fourth-order valence-electron chi connectivity index (χ4n) is 6.11. The zero-order chi connectivity index (χ0) is 27.2. The van der Waals surface area contributed by atoms with Crippen molar-refractivity contribution in [3.05, 3.63) is 0 Å². The van der Waals surface area contributed by atoms with Gasteiger partial charge >= 0.3 is 0 Å². The van der Waals surface area contributed by atoms with Gasteiger partial charge in [-0.05, 0) is 13.8 Å². The van der Waals surface area contributed by atoms with Crippen LogP contribution in [0.5, 0.6) is 0 Å². The van der Waals surface area contributed by atoms with Crippen molar-refractivity contribution < 1.29 is 58.3 Å². The first kappa shape index (κ1) is 29.6. The Morgan fingerprint density at radius 2 is 1.54 bits per heavy atom. The van der Waals surface area contributed by atoms with Gasteiger partial charge in [0.25, 0.3) is 0 Å². The van der Waals surface area contributed by atoms with E-state index >= 15 is 0 Å². The van der Waals surface area contributed by atoms with Crippen molar-refractivity contribution in [3.63, 3.8) is 0 Å². The quantitative estimate of drug-likeness (QED) is 0.267. The highest BCUT2D eigenvalue weighted by Gasteiger charge is 2.64. The maximum Gasteiger partial charge on any atom is 0.146 e. The predicted molar refractivity (Wildman–Crippen MR) is 127 cm³/mol. The van der Waals surface area contributed by atoms with Gasteiger partial charge in [-0.3, -0.25) is 0 Å². The molecule has 37 heavy (non-hydrogen) atoms. The van der Waals surface area contributed by atoms with E-state index < -0.39 is 47.1 Å². The van der Waals surface area contributed by atoms with Crippen molar-refractivity contribution in [1.29, 1.82) is 0 Å². The van der Waals surface area contributed by atoms with Gasteiger partial charge in [0.2, 0.25) is 0 Å². The van der Waals surface area contributed by atoms with Crippen LogP contribution < -0.4 is 0 Å². The number of aliphatic hydroxyl groups is 4. The molecule has 14 heteroatoms. The molecule has 0 saturated carbocycles. The van der Waals surface area contributed by atoms with Crippen LogP contribution in [0, 0.1) is 5.92 Å². The first-order valence-corrected chi connectivity index (χ1v) is 12.5. The molecule has 6 heterocycles. The average Bonchev–Trinajstić information content (AvgIpc) is 3.53. The Morgan fingerprint density at radius 3 is 2.03 bits per heavy atom. The second kappa shape index (κ2) is 11.3. The van der Waals surface area contributed by atoms with Crippen LogP contribution in [-0.2, 0) is 37.9 Å². The van der Waals surface area contributed by atoms with Crippen molar-refractivity contribution in [2.24, 2.45) is 5.92 Å². The Labute approximate surface area is 219 Å². The van der Waals surface area contributed by atoms with Gasteiger partial charge in [0.05, 0.1) is 58.0 Å². The van der Waals surface area contributed by atoms with E-state index in [2.05, 4.69) is 0 Å². The van der Waals surface area contributed by atoms with Gasteiger partial charge in [0, 0.05) is 32.1 Å². The lowest BCUT2D eigenvalue weighted by Crippen LogP contribution is -2.52. The molecule has 6 fully saturated rings. The average molecular weight is 528 g/mol. The molecule has 0 aliphatic carbocycles. The highest BCUT2D eigenvalue weighted by atomic mass is 16.7. The smallest absolute Gasteiger partial charge is 0.146 e. The fourth-order valence-corrected chi connectivity index (χ4v) is 6.11. The summed E-state index contributed by atoms with van der Waals surface area (Å²) in [5, 5.41) is 37.1. The lowest BCUT2D eigenvalue weighted by molar-refractivity contribution is -0.194. The third-order valence-electron chi connectivity index (χ3n) is 8.32. The zero-order valence-electron chi connectivity index (χ0n) is 21.7. The van der Waals surface area contributed by atoms with E-state index in [-0.39, 0.29) is 56.8 Å². The van der Waals surface area contributed by atoms with Crippen LogP contribution in [0.25, 0.3) is 0 Å². The molecule has 12 nitrogen and oxygen atoms in total. The van der Waals surface area contributed by atoms with E-state index in [1.807, 2.05) is 13.8 Å². The predicted octanol–water partition coefficient (Wildman–Crippen LogP) is -3.16. The molecule has 0 aromatic carbocycles. The lowest BCUT2D eigenvalue weighted by atomic mass is 9.81. The molecule has 3 unspecified atom stereocenters. The Morgan fingerprint density at radius 1 is 0.892 bits per heavy atom. The molecule has 0 spiro atoms. The van der Waals surface area contributed by atoms with Crippen molar-refractivity contribution in [3.8, 4) is 0 Å². The summed E-state index contributed by atoms with van der Waals surface area (Å²) in [5.41, 5.74) is -2.33. The van der Waals surface area contributed by atoms with Gasteiger partial charge in [0.15, 0.2) is 0 Å². The van der Waals surface area contributed by atoms with E-state index in [1.54, 1.807) is 14.2 Å². The molecule has 4 N–H and O–H groups in total. The lowest BCUT2D eigenvalue weighted by Gasteiger charge is -2.34. The number of hydrogen-bond acceptors (Lipinski definition) is 12. The van der Waals surface area contributed by atoms with Crippen LogP contribution >= 0.6 is 0 Å². The summed E-state index contributed by atoms with van der Waals surface area (Å²) in [4.78, 5) is 0. The highest BCUT2D eigenvalue weighted by Crippen LogP contribution is 2.45. The molecule has 0 aromatic heterocycles. The van der Waals surface area contributed by atoms with E-state index in [9.17, 15) is 10.2 Å². The van der Waals surface area contributed by atoms with E-state index in [0.717, 1.165) is 0 Å². The maximum atomic E-state index is 9.68. The number of ether oxygens (including phenoxy) is 8. The number of hydrogen-bond donors (Lipinski definition) is 4. The third kappa shape index (κ3) is 4.81. The minimum atomic E-state index is -0.970. The fraction of sp³-hybridized carbons (Fsp3) is 1.00. The summed E-state index contributed by atoms with van der Waals surface area (Å²) in [7, 11) is 14.4. The Bertz CT molecular complexity index is 782. The van der Waals surface area contributed by atoms with Crippen LogP contribution in [0.15, 0.2) is 0 Å². The summed E-state index contributed by atoms with van der Waals surface area (Å²) in [5.74, 6) is -0.203. The number of rotatable bonds is 5. The van der Waals surface area contributed by atoms with Crippen molar-refractivity contribution in [2.45, 2.75) is 85.4 Å². The summed E-state index contributed by atoms with van der Waals surface area (Å²) >= 11 is 0. The standard InChI is InChI=1S/C10H18O4.C7H11BO4.C6H9BO4/c1-6-8-9(12-4)10(14-6,5-11-3)7(2)13-8;8-6-4-1-11-3-7(2-9,12-6)5(4)10;7-5-3-4(9)6(1-8,11-5)2-10-3/h6-9H,5H2,1-4H3;4-6,9-10H,1-3H2;3-5,8-9H,1-2H2/t6-,7?,8-,9-,10-;4-,5+,6?,7-;3-,4+,5?,6-/m000/s1. The molecule has 208 valence electrons. The molecular formula is C23H38B2O12. The summed E-state index contributed by atoms with van der Waals surface area (Å²) < 4.78 is 43.1. The SMILES string of the molecule is COC[C@]12O[C@@H](C)[C@H](OC1C)[C@@H]2OC.[B]C1O[C@@]2(CO)COC[C@H]1[C@H]2O.[B]C1O[C@@]2(CO)CO[C@H]1[C@H]2O. The first-order chi connectivity index (χ1) is 17.5. The second-order valence-corrected chi connectivity index (χ2v) is 10.6. The Hall–Kier alpha value is -0.350. The van der Waals surface area contributed by atoms with Crippen LogP contribution in [0.3, 0.4) is 0 Å². The van der Waals surface area contributed by atoms with Gasteiger partial charge in [-0.1, -0.05) is 0 Å². The molecule has 6 bridgehead atoms. The normalized spacial score (nSPS) is 53.0. The van der Waals surface area contributed by atoms with Crippen LogP contribution in [0.1, 0.15) is 13.8 Å². The molecule has 6 aliphatic rings. The first-order valence-electron chi connectivity index (χ1n) is 12.5. The Balaban J connectivity index is 0.000000131. The molecular weight excluding hydrogens is 490 g/mol. The van der Waals surface area contributed by atoms with Crippen LogP contribution in [0.4, 0.5) is 0 Å². The summed E-state index contributed by atoms with van der Waals surface area (Å²) in [6.07, 6.45) is -1.80. The van der Waals surface area contributed by atoms with E-state index in [1.165, 1.54) is 0 Å². The van der Waals surface area contributed by atoms with Crippen LogP contribution in [0.2, 0.25) is 0 Å². The molecule has 13 atom stereocenters. The molecule has 6 aliphatic heterocycles.